The van der Waals surface area contributed by atoms with E-state index in [1.807, 2.05) is 4.90 Å². The number of rotatable bonds is 4. The van der Waals surface area contributed by atoms with Crippen LogP contribution in [0.2, 0.25) is 0 Å². The Kier molecular flexibility index (Phi) is 8.97. The van der Waals surface area contributed by atoms with Gasteiger partial charge in [-0.2, -0.15) is 0 Å². The molecule has 1 N–H and O–H groups in total. The van der Waals surface area contributed by atoms with Crippen molar-refractivity contribution in [1.82, 2.24) is 10.2 Å². The highest BCUT2D eigenvalue weighted by Gasteiger charge is 2.25. The summed E-state index contributed by atoms with van der Waals surface area (Å²) in [5.41, 5.74) is 0.0688. The van der Waals surface area contributed by atoms with E-state index in [2.05, 4.69) is 11.9 Å². The minimum Gasteiger partial charge on any atom is -0.314 e. The molecule has 0 amide bonds. The number of piperazine rings is 1. The quantitative estimate of drug-likeness (QED) is 0.665. The molecule has 1 saturated heterocycles. The van der Waals surface area contributed by atoms with Gasteiger partial charge >= 0.3 is 0 Å². The second kappa shape index (κ2) is 9.30. The Morgan fingerprint density at radius 3 is 2.38 bits per heavy atom. The van der Waals surface area contributed by atoms with E-state index in [0.717, 1.165) is 32.2 Å². The molecule has 1 fully saturated rings. The molecule has 1 atom stereocenters. The number of nitrogens with zero attached hydrogens (tertiary/aromatic N) is 1. The summed E-state index contributed by atoms with van der Waals surface area (Å²) in [5, 5.41) is 3.19. The van der Waals surface area contributed by atoms with Gasteiger partial charge in [0.05, 0.1) is 0 Å². The molecule has 21 heavy (non-hydrogen) atoms. The molecule has 2 rings (SSSR count). The van der Waals surface area contributed by atoms with Gasteiger partial charge in [0.25, 0.3) is 0 Å². The number of nitrogens with one attached hydrogen (secondary N) is 1. The van der Waals surface area contributed by atoms with Crippen LogP contribution in [0.25, 0.3) is 0 Å². The SMILES string of the molecule is C=CC[C@@H](c1cc(F)cc(F)c1F)N1CCNCC1.Cl.Cl. The third-order valence-corrected chi connectivity index (χ3v) is 3.36. The fraction of sp³-hybridized carbons (Fsp3) is 0.429. The average Bonchev–Trinajstić information content (AvgIpc) is 2.41. The third-order valence-electron chi connectivity index (χ3n) is 3.36. The van der Waals surface area contributed by atoms with E-state index in [1.54, 1.807) is 6.08 Å². The summed E-state index contributed by atoms with van der Waals surface area (Å²) >= 11 is 0. The van der Waals surface area contributed by atoms with Crippen LogP contribution in [0, 0.1) is 17.5 Å². The third kappa shape index (κ3) is 4.88. The molecule has 0 saturated carbocycles. The molecule has 1 aliphatic rings. The maximum atomic E-state index is 13.9. The molecule has 0 aliphatic carbocycles. The van der Waals surface area contributed by atoms with Crippen LogP contribution in [0.4, 0.5) is 13.2 Å². The topological polar surface area (TPSA) is 15.3 Å². The van der Waals surface area contributed by atoms with Crippen molar-refractivity contribution < 1.29 is 13.2 Å². The Morgan fingerprint density at radius 1 is 1.19 bits per heavy atom. The van der Waals surface area contributed by atoms with Gasteiger partial charge in [0.15, 0.2) is 11.6 Å². The first-order valence-corrected chi connectivity index (χ1v) is 6.33. The minimum atomic E-state index is -1.14. The van der Waals surface area contributed by atoms with Crippen LogP contribution in [0.3, 0.4) is 0 Å². The summed E-state index contributed by atoms with van der Waals surface area (Å²) in [6.07, 6.45) is 2.11. The summed E-state index contributed by atoms with van der Waals surface area (Å²) in [6, 6.07) is 1.28. The van der Waals surface area contributed by atoms with E-state index in [4.69, 9.17) is 0 Å². The zero-order valence-corrected chi connectivity index (χ0v) is 13.1. The Hall–Kier alpha value is -0.750. The van der Waals surface area contributed by atoms with Crippen molar-refractivity contribution in [2.45, 2.75) is 12.5 Å². The van der Waals surface area contributed by atoms with Gasteiger partial charge in [-0.05, 0) is 12.5 Å². The van der Waals surface area contributed by atoms with E-state index in [-0.39, 0.29) is 36.4 Å². The predicted molar refractivity (Wildman–Crippen MR) is 82.8 cm³/mol. The molecule has 1 aliphatic heterocycles. The molecule has 0 radical (unpaired) electrons. The van der Waals surface area contributed by atoms with Crippen LogP contribution in [-0.2, 0) is 0 Å². The molecule has 1 heterocycles. The number of halogens is 5. The van der Waals surface area contributed by atoms with Crippen LogP contribution in [0.15, 0.2) is 24.8 Å². The first-order valence-electron chi connectivity index (χ1n) is 6.33. The molecule has 7 heteroatoms. The van der Waals surface area contributed by atoms with Crippen molar-refractivity contribution in [3.63, 3.8) is 0 Å². The minimum absolute atomic E-state index is 0. The number of benzene rings is 1. The largest absolute Gasteiger partial charge is 0.314 e. The maximum absolute atomic E-state index is 13.9. The van der Waals surface area contributed by atoms with Crippen LogP contribution in [-0.4, -0.2) is 31.1 Å². The van der Waals surface area contributed by atoms with E-state index in [0.29, 0.717) is 12.5 Å². The normalized spacial score (nSPS) is 16.5. The molecular weight excluding hydrogens is 324 g/mol. The Bertz CT molecular complexity index is 466. The second-order valence-electron chi connectivity index (χ2n) is 4.62. The zero-order chi connectivity index (χ0) is 13.8. The fourth-order valence-corrected chi connectivity index (χ4v) is 2.44. The summed E-state index contributed by atoms with van der Waals surface area (Å²) in [6.45, 7) is 6.65. The lowest BCUT2D eigenvalue weighted by atomic mass is 10.00. The Labute approximate surface area is 135 Å². The lowest BCUT2D eigenvalue weighted by molar-refractivity contribution is 0.170. The van der Waals surface area contributed by atoms with Gasteiger partial charge in [0.2, 0.25) is 0 Å². The molecule has 2 nitrogen and oxygen atoms in total. The van der Waals surface area contributed by atoms with Crippen LogP contribution >= 0.6 is 24.8 Å². The van der Waals surface area contributed by atoms with Crippen LogP contribution in [0.1, 0.15) is 18.0 Å². The van der Waals surface area contributed by atoms with Crippen molar-refractivity contribution in [3.05, 3.63) is 47.8 Å². The molecule has 0 spiro atoms. The lowest BCUT2D eigenvalue weighted by Gasteiger charge is -2.35. The van der Waals surface area contributed by atoms with Crippen molar-refractivity contribution in [2.75, 3.05) is 26.2 Å². The summed E-state index contributed by atoms with van der Waals surface area (Å²) in [7, 11) is 0. The van der Waals surface area contributed by atoms with Crippen molar-refractivity contribution >= 4 is 24.8 Å². The summed E-state index contributed by atoms with van der Waals surface area (Å²) in [5.74, 6) is -2.86. The average molecular weight is 343 g/mol. The number of hydrogen-bond donors (Lipinski definition) is 1. The zero-order valence-electron chi connectivity index (χ0n) is 11.4. The molecule has 120 valence electrons. The first-order chi connectivity index (χ1) is 9.13. The van der Waals surface area contributed by atoms with Gasteiger partial charge in [-0.25, -0.2) is 13.2 Å². The van der Waals surface area contributed by atoms with Gasteiger partial charge < -0.3 is 5.32 Å². The van der Waals surface area contributed by atoms with E-state index < -0.39 is 17.5 Å². The van der Waals surface area contributed by atoms with Crippen molar-refractivity contribution in [2.24, 2.45) is 0 Å². The monoisotopic (exact) mass is 342 g/mol. The summed E-state index contributed by atoms with van der Waals surface area (Å²) in [4.78, 5) is 2.02. The molecule has 1 aromatic rings. The van der Waals surface area contributed by atoms with Gasteiger partial charge in [-0.1, -0.05) is 6.08 Å². The predicted octanol–water partition coefficient (Wildman–Crippen LogP) is 3.47. The van der Waals surface area contributed by atoms with E-state index in [9.17, 15) is 13.2 Å². The Balaban J connectivity index is 0.00000200. The lowest BCUT2D eigenvalue weighted by Crippen LogP contribution is -2.45. The van der Waals surface area contributed by atoms with Gasteiger partial charge in [-0.3, -0.25) is 4.90 Å². The molecule has 0 bridgehead atoms. The van der Waals surface area contributed by atoms with Gasteiger partial charge in [-0.15, -0.1) is 31.4 Å². The van der Waals surface area contributed by atoms with Crippen LogP contribution < -0.4 is 5.32 Å². The molecule has 0 unspecified atom stereocenters. The van der Waals surface area contributed by atoms with E-state index >= 15 is 0 Å². The maximum Gasteiger partial charge on any atom is 0.163 e. The first kappa shape index (κ1) is 20.2. The second-order valence-corrected chi connectivity index (χ2v) is 4.62. The molecule has 1 aromatic carbocycles. The van der Waals surface area contributed by atoms with E-state index in [1.165, 1.54) is 0 Å². The number of hydrogen-bond acceptors (Lipinski definition) is 2. The summed E-state index contributed by atoms with van der Waals surface area (Å²) < 4.78 is 40.5. The highest BCUT2D eigenvalue weighted by atomic mass is 35.5. The Morgan fingerprint density at radius 2 is 1.81 bits per heavy atom. The smallest absolute Gasteiger partial charge is 0.163 e. The fourth-order valence-electron chi connectivity index (χ4n) is 2.44. The van der Waals surface area contributed by atoms with Crippen molar-refractivity contribution in [1.29, 1.82) is 0 Å². The highest BCUT2D eigenvalue weighted by molar-refractivity contribution is 5.85. The standard InChI is InChI=1S/C14H17F3N2.2ClH/c1-2-3-13(19-6-4-18-5-7-19)11-8-10(15)9-12(16)14(11)17;;/h2,8-9,13,18H,1,3-7H2;2*1H/t13-;;/m0../s1. The van der Waals surface area contributed by atoms with Crippen LogP contribution in [0.5, 0.6) is 0 Å². The van der Waals surface area contributed by atoms with Crippen molar-refractivity contribution in [3.8, 4) is 0 Å². The highest BCUT2D eigenvalue weighted by Crippen LogP contribution is 2.29. The van der Waals surface area contributed by atoms with Gasteiger partial charge in [0.1, 0.15) is 5.82 Å². The molecule has 0 aromatic heterocycles. The molecular formula is C14H19Cl2F3N2. The van der Waals surface area contributed by atoms with Gasteiger partial charge in [0, 0.05) is 43.9 Å².